The first kappa shape index (κ1) is 16.9. The van der Waals surface area contributed by atoms with E-state index in [9.17, 15) is 13.6 Å². The molecule has 3 aromatic rings. The van der Waals surface area contributed by atoms with Crippen LogP contribution in [-0.4, -0.2) is 22.1 Å². The second kappa shape index (κ2) is 7.29. The highest BCUT2D eigenvalue weighted by atomic mass is 19.3. The lowest BCUT2D eigenvalue weighted by Crippen LogP contribution is -2.17. The van der Waals surface area contributed by atoms with E-state index < -0.39 is 6.61 Å². The van der Waals surface area contributed by atoms with Crippen molar-refractivity contribution >= 4 is 22.9 Å². The Morgan fingerprint density at radius 2 is 1.92 bits per heavy atom. The summed E-state index contributed by atoms with van der Waals surface area (Å²) < 4.78 is 30.5. The molecule has 0 aliphatic rings. The van der Waals surface area contributed by atoms with Crippen molar-refractivity contribution < 1.29 is 18.3 Å². The summed E-state index contributed by atoms with van der Waals surface area (Å²) in [4.78, 5) is 16.7. The van der Waals surface area contributed by atoms with Gasteiger partial charge < -0.3 is 9.30 Å². The van der Waals surface area contributed by atoms with E-state index in [1.807, 2.05) is 35.8 Å². The van der Waals surface area contributed by atoms with Crippen LogP contribution in [0, 0.1) is 0 Å². The minimum atomic E-state index is -2.86. The Morgan fingerprint density at radius 1 is 1.20 bits per heavy atom. The van der Waals surface area contributed by atoms with Gasteiger partial charge in [-0.25, -0.2) is 4.98 Å². The molecule has 1 aromatic heterocycles. The van der Waals surface area contributed by atoms with Gasteiger partial charge in [0.25, 0.3) is 0 Å². The quantitative estimate of drug-likeness (QED) is 0.738. The molecule has 5 nitrogen and oxygen atoms in total. The summed E-state index contributed by atoms with van der Waals surface area (Å²) in [5.41, 5.74) is 2.46. The van der Waals surface area contributed by atoms with Crippen molar-refractivity contribution in [2.24, 2.45) is 0 Å². The first-order valence-electron chi connectivity index (χ1n) is 7.85. The molecular weight excluding hydrogens is 328 g/mol. The molecule has 0 radical (unpaired) electrons. The fourth-order valence-electron chi connectivity index (χ4n) is 2.63. The lowest BCUT2D eigenvalue weighted by molar-refractivity contribution is -0.115. The number of carbonyl (C=O) groups is 1. The van der Waals surface area contributed by atoms with Crippen molar-refractivity contribution in [3.8, 4) is 5.75 Å². The average molecular weight is 345 g/mol. The monoisotopic (exact) mass is 345 g/mol. The minimum Gasteiger partial charge on any atom is -0.435 e. The SMILES string of the molecule is CCn1c(NC(=O)Cc2ccc(OC(F)F)cc2)nc2ccccc21. The molecule has 7 heteroatoms. The van der Waals surface area contributed by atoms with E-state index in [-0.39, 0.29) is 18.1 Å². The topological polar surface area (TPSA) is 56.2 Å². The number of ether oxygens (including phenoxy) is 1. The van der Waals surface area contributed by atoms with Gasteiger partial charge in [-0.3, -0.25) is 10.1 Å². The third kappa shape index (κ3) is 3.93. The summed E-state index contributed by atoms with van der Waals surface area (Å²) >= 11 is 0. The fraction of sp³-hybridized carbons (Fsp3) is 0.222. The number of hydrogen-bond acceptors (Lipinski definition) is 3. The molecule has 0 saturated heterocycles. The highest BCUT2D eigenvalue weighted by Crippen LogP contribution is 2.20. The number of halogens is 2. The highest BCUT2D eigenvalue weighted by molar-refractivity contribution is 5.92. The molecule has 25 heavy (non-hydrogen) atoms. The third-order valence-corrected chi connectivity index (χ3v) is 3.74. The minimum absolute atomic E-state index is 0.0620. The van der Waals surface area contributed by atoms with Crippen LogP contribution < -0.4 is 10.1 Å². The first-order valence-corrected chi connectivity index (χ1v) is 7.85. The van der Waals surface area contributed by atoms with Crippen LogP contribution in [0.4, 0.5) is 14.7 Å². The van der Waals surface area contributed by atoms with E-state index in [1.165, 1.54) is 12.1 Å². The van der Waals surface area contributed by atoms with Crippen molar-refractivity contribution in [1.29, 1.82) is 0 Å². The number of rotatable bonds is 6. The third-order valence-electron chi connectivity index (χ3n) is 3.74. The molecule has 3 rings (SSSR count). The summed E-state index contributed by atoms with van der Waals surface area (Å²) in [7, 11) is 0. The zero-order valence-corrected chi connectivity index (χ0v) is 13.6. The van der Waals surface area contributed by atoms with Crippen LogP contribution in [0.2, 0.25) is 0 Å². The molecule has 0 aliphatic heterocycles. The maximum atomic E-state index is 12.3. The fourth-order valence-corrected chi connectivity index (χ4v) is 2.63. The van der Waals surface area contributed by atoms with E-state index >= 15 is 0 Å². The second-order valence-electron chi connectivity index (χ2n) is 5.42. The van der Waals surface area contributed by atoms with Gasteiger partial charge in [-0.2, -0.15) is 8.78 Å². The van der Waals surface area contributed by atoms with Gasteiger partial charge in [-0.15, -0.1) is 0 Å². The maximum absolute atomic E-state index is 12.3. The van der Waals surface area contributed by atoms with E-state index in [4.69, 9.17) is 0 Å². The van der Waals surface area contributed by atoms with Gasteiger partial charge in [-0.1, -0.05) is 24.3 Å². The van der Waals surface area contributed by atoms with Crippen molar-refractivity contribution in [1.82, 2.24) is 9.55 Å². The number of aromatic nitrogens is 2. The molecule has 0 atom stereocenters. The lowest BCUT2D eigenvalue weighted by Gasteiger charge is -2.08. The number of carbonyl (C=O) groups excluding carboxylic acids is 1. The van der Waals surface area contributed by atoms with Crippen LogP contribution in [0.3, 0.4) is 0 Å². The number of imidazole rings is 1. The Morgan fingerprint density at radius 3 is 2.60 bits per heavy atom. The Labute approximate surface area is 143 Å². The number of aryl methyl sites for hydroxylation is 1. The van der Waals surface area contributed by atoms with Gasteiger partial charge in [0, 0.05) is 6.54 Å². The van der Waals surface area contributed by atoms with Crippen LogP contribution in [0.25, 0.3) is 11.0 Å². The summed E-state index contributed by atoms with van der Waals surface area (Å²) in [5.74, 6) is 0.325. The Hall–Kier alpha value is -2.96. The molecule has 0 bridgehead atoms. The molecular formula is C18H17F2N3O2. The highest BCUT2D eigenvalue weighted by Gasteiger charge is 2.12. The standard InChI is InChI=1S/C18H17F2N3O2/c1-2-23-15-6-4-3-5-14(15)21-18(23)22-16(24)11-12-7-9-13(10-8-12)25-17(19)20/h3-10,17H,2,11H2,1H3,(H,21,22,24). The second-order valence-corrected chi connectivity index (χ2v) is 5.42. The average Bonchev–Trinajstić information content (AvgIpc) is 2.93. The predicted molar refractivity (Wildman–Crippen MR) is 90.8 cm³/mol. The Balaban J connectivity index is 1.70. The molecule has 0 saturated carbocycles. The molecule has 0 aliphatic carbocycles. The molecule has 0 unspecified atom stereocenters. The van der Waals surface area contributed by atoms with Crippen LogP contribution >= 0.6 is 0 Å². The van der Waals surface area contributed by atoms with Gasteiger partial charge in [0.05, 0.1) is 17.5 Å². The summed E-state index contributed by atoms with van der Waals surface area (Å²) in [6.07, 6.45) is 0.113. The molecule has 1 heterocycles. The number of nitrogens with one attached hydrogen (secondary N) is 1. The van der Waals surface area contributed by atoms with Gasteiger partial charge in [0.15, 0.2) is 0 Å². The van der Waals surface area contributed by atoms with E-state index in [0.717, 1.165) is 11.0 Å². The molecule has 1 amide bonds. The number of anilines is 1. The summed E-state index contributed by atoms with van der Waals surface area (Å²) in [5, 5.41) is 2.81. The van der Waals surface area contributed by atoms with E-state index in [2.05, 4.69) is 15.0 Å². The van der Waals surface area contributed by atoms with Crippen molar-refractivity contribution in [2.45, 2.75) is 26.5 Å². The smallest absolute Gasteiger partial charge is 0.387 e. The molecule has 2 aromatic carbocycles. The van der Waals surface area contributed by atoms with Gasteiger partial charge in [0.1, 0.15) is 5.75 Å². The molecule has 130 valence electrons. The largest absolute Gasteiger partial charge is 0.435 e. The predicted octanol–water partition coefficient (Wildman–Crippen LogP) is 3.84. The van der Waals surface area contributed by atoms with Crippen molar-refractivity contribution in [3.63, 3.8) is 0 Å². The number of hydrogen-bond donors (Lipinski definition) is 1. The van der Waals surface area contributed by atoms with Gasteiger partial charge in [-0.05, 0) is 36.8 Å². The number of nitrogens with zero attached hydrogens (tertiary/aromatic N) is 2. The zero-order chi connectivity index (χ0) is 17.8. The molecule has 0 fully saturated rings. The van der Waals surface area contributed by atoms with Crippen LogP contribution in [-0.2, 0) is 17.8 Å². The van der Waals surface area contributed by atoms with Crippen molar-refractivity contribution in [3.05, 3.63) is 54.1 Å². The lowest BCUT2D eigenvalue weighted by atomic mass is 10.1. The Kier molecular flexibility index (Phi) is 4.92. The maximum Gasteiger partial charge on any atom is 0.387 e. The number of benzene rings is 2. The van der Waals surface area contributed by atoms with Crippen LogP contribution in [0.5, 0.6) is 5.75 Å². The van der Waals surface area contributed by atoms with E-state index in [0.29, 0.717) is 18.1 Å². The first-order chi connectivity index (χ1) is 12.1. The number of fused-ring (bicyclic) bond motifs is 1. The summed E-state index contributed by atoms with van der Waals surface area (Å²) in [6.45, 7) is -0.211. The van der Waals surface area contributed by atoms with Crippen LogP contribution in [0.1, 0.15) is 12.5 Å². The summed E-state index contributed by atoms with van der Waals surface area (Å²) in [6, 6.07) is 13.6. The zero-order valence-electron chi connectivity index (χ0n) is 13.6. The molecule has 1 N–H and O–H groups in total. The van der Waals surface area contributed by atoms with Crippen molar-refractivity contribution in [2.75, 3.05) is 5.32 Å². The number of alkyl halides is 2. The van der Waals surface area contributed by atoms with Gasteiger partial charge >= 0.3 is 6.61 Å². The van der Waals surface area contributed by atoms with E-state index in [1.54, 1.807) is 12.1 Å². The van der Waals surface area contributed by atoms with Gasteiger partial charge in [0.2, 0.25) is 11.9 Å². The normalized spacial score (nSPS) is 11.0. The Bertz CT molecular complexity index is 876. The number of amides is 1. The number of para-hydroxylation sites is 2. The van der Waals surface area contributed by atoms with Crippen LogP contribution in [0.15, 0.2) is 48.5 Å². The molecule has 0 spiro atoms.